The molecule has 0 spiro atoms. The van der Waals surface area contributed by atoms with Crippen LogP contribution in [0, 0.1) is 5.92 Å². The number of hydrogen-bond donors (Lipinski definition) is 1. The van der Waals surface area contributed by atoms with Gasteiger partial charge in [0.25, 0.3) is 0 Å². The van der Waals surface area contributed by atoms with Crippen molar-refractivity contribution in [2.45, 2.75) is 44.4 Å². The number of nitrogens with zero attached hydrogens (tertiary/aromatic N) is 2. The molecule has 0 aromatic carbocycles. The van der Waals surface area contributed by atoms with Gasteiger partial charge in [-0.05, 0) is 25.3 Å². The lowest BCUT2D eigenvalue weighted by Gasteiger charge is -2.22. The summed E-state index contributed by atoms with van der Waals surface area (Å²) < 4.78 is 5.51. The fourth-order valence-electron chi connectivity index (χ4n) is 3.17. The highest BCUT2D eigenvalue weighted by molar-refractivity contribution is 5.17. The fourth-order valence-corrected chi connectivity index (χ4v) is 3.17. The van der Waals surface area contributed by atoms with Gasteiger partial charge in [0, 0.05) is 12.5 Å². The monoisotopic (exact) mass is 221 g/mol. The molecular weight excluding hydrogens is 202 g/mol. The minimum atomic E-state index is 0.153. The Hall–Kier alpha value is -0.900. The third-order valence-electron chi connectivity index (χ3n) is 4.17. The van der Waals surface area contributed by atoms with E-state index < -0.39 is 0 Å². The first-order valence-corrected chi connectivity index (χ1v) is 6.27. The number of fused-ring (bicyclic) bond motifs is 1. The first kappa shape index (κ1) is 10.3. The molecule has 88 valence electrons. The molecule has 1 saturated carbocycles. The minimum absolute atomic E-state index is 0.153. The molecular formula is C12H19N3O. The van der Waals surface area contributed by atoms with Crippen molar-refractivity contribution in [3.05, 3.63) is 11.7 Å². The summed E-state index contributed by atoms with van der Waals surface area (Å²) in [7, 11) is 0. The molecule has 0 amide bonds. The summed E-state index contributed by atoms with van der Waals surface area (Å²) in [6.45, 7) is 6.33. The molecule has 1 aromatic rings. The van der Waals surface area contributed by atoms with Crippen LogP contribution in [0.1, 0.15) is 50.7 Å². The van der Waals surface area contributed by atoms with E-state index in [2.05, 4.69) is 29.3 Å². The highest BCUT2D eigenvalue weighted by Gasteiger charge is 2.51. The van der Waals surface area contributed by atoms with E-state index in [1.807, 2.05) is 0 Å². The Morgan fingerprint density at radius 3 is 3.12 bits per heavy atom. The van der Waals surface area contributed by atoms with Crippen molar-refractivity contribution in [1.29, 1.82) is 0 Å². The molecule has 4 nitrogen and oxygen atoms in total. The lowest BCUT2D eigenvalue weighted by atomic mass is 9.80. The Labute approximate surface area is 95.8 Å². The topological polar surface area (TPSA) is 51.0 Å². The maximum Gasteiger partial charge on any atom is 0.234 e. The van der Waals surface area contributed by atoms with Gasteiger partial charge in [0.1, 0.15) is 0 Å². The summed E-state index contributed by atoms with van der Waals surface area (Å²) in [5.41, 5.74) is 0.153. The van der Waals surface area contributed by atoms with Gasteiger partial charge in [-0.25, -0.2) is 0 Å². The van der Waals surface area contributed by atoms with Crippen LogP contribution in [-0.2, 0) is 5.41 Å². The third-order valence-corrected chi connectivity index (χ3v) is 4.17. The SMILES string of the molecule is CC(C)c1noc([C@@]23CCC[C@@H]2CNC3)n1. The molecule has 0 bridgehead atoms. The summed E-state index contributed by atoms with van der Waals surface area (Å²) in [5.74, 6) is 2.78. The maximum atomic E-state index is 5.51. The second-order valence-corrected chi connectivity index (χ2v) is 5.49. The van der Waals surface area contributed by atoms with Crippen molar-refractivity contribution < 1.29 is 4.52 Å². The Kier molecular flexibility index (Phi) is 2.28. The maximum absolute atomic E-state index is 5.51. The van der Waals surface area contributed by atoms with E-state index in [0.29, 0.717) is 11.8 Å². The quantitative estimate of drug-likeness (QED) is 0.827. The van der Waals surface area contributed by atoms with Gasteiger partial charge in [0.2, 0.25) is 5.89 Å². The predicted octanol–water partition coefficient (Wildman–Crippen LogP) is 1.83. The van der Waals surface area contributed by atoms with Crippen molar-refractivity contribution >= 4 is 0 Å². The summed E-state index contributed by atoms with van der Waals surface area (Å²) in [6, 6.07) is 0. The molecule has 1 aliphatic heterocycles. The Morgan fingerprint density at radius 1 is 1.50 bits per heavy atom. The normalized spacial score (nSPS) is 33.6. The second kappa shape index (κ2) is 3.55. The summed E-state index contributed by atoms with van der Waals surface area (Å²) in [4.78, 5) is 4.61. The molecule has 0 radical (unpaired) electrons. The van der Waals surface area contributed by atoms with Crippen LogP contribution in [0.15, 0.2) is 4.52 Å². The third kappa shape index (κ3) is 1.32. The molecule has 1 aliphatic carbocycles. The lowest BCUT2D eigenvalue weighted by Crippen LogP contribution is -2.31. The molecule has 0 unspecified atom stereocenters. The van der Waals surface area contributed by atoms with Crippen molar-refractivity contribution in [1.82, 2.24) is 15.5 Å². The molecule has 1 saturated heterocycles. The second-order valence-electron chi connectivity index (χ2n) is 5.49. The first-order chi connectivity index (χ1) is 7.72. The molecule has 4 heteroatoms. The van der Waals surface area contributed by atoms with Crippen molar-refractivity contribution in [3.63, 3.8) is 0 Å². The number of rotatable bonds is 2. The average Bonchev–Trinajstić information content (AvgIpc) is 2.91. The largest absolute Gasteiger partial charge is 0.339 e. The van der Waals surface area contributed by atoms with E-state index in [9.17, 15) is 0 Å². The molecule has 2 aliphatic rings. The van der Waals surface area contributed by atoms with Gasteiger partial charge >= 0.3 is 0 Å². The Balaban J connectivity index is 1.95. The molecule has 3 rings (SSSR count). The smallest absolute Gasteiger partial charge is 0.234 e. The minimum Gasteiger partial charge on any atom is -0.339 e. The number of nitrogens with one attached hydrogen (secondary N) is 1. The van der Waals surface area contributed by atoms with E-state index in [1.54, 1.807) is 0 Å². The van der Waals surface area contributed by atoms with E-state index >= 15 is 0 Å². The van der Waals surface area contributed by atoms with Crippen molar-refractivity contribution in [2.75, 3.05) is 13.1 Å². The molecule has 2 heterocycles. The van der Waals surface area contributed by atoms with Crippen LogP contribution < -0.4 is 5.32 Å². The summed E-state index contributed by atoms with van der Waals surface area (Å²) >= 11 is 0. The lowest BCUT2D eigenvalue weighted by molar-refractivity contribution is 0.264. The fraction of sp³-hybridized carbons (Fsp3) is 0.833. The zero-order chi connectivity index (χ0) is 11.2. The first-order valence-electron chi connectivity index (χ1n) is 6.27. The van der Waals surface area contributed by atoms with E-state index in [-0.39, 0.29) is 5.41 Å². The standard InChI is InChI=1S/C12H19N3O/c1-8(2)10-14-11(16-15-10)12-5-3-4-9(12)6-13-7-12/h8-9,13H,3-7H2,1-2H3/t9-,12-/m1/s1. The Morgan fingerprint density at radius 2 is 2.38 bits per heavy atom. The molecule has 2 fully saturated rings. The van der Waals surface area contributed by atoms with Crippen LogP contribution >= 0.6 is 0 Å². The van der Waals surface area contributed by atoms with Gasteiger partial charge in [-0.3, -0.25) is 0 Å². The summed E-state index contributed by atoms with van der Waals surface area (Å²) in [5, 5.41) is 7.58. The van der Waals surface area contributed by atoms with Crippen molar-refractivity contribution in [3.8, 4) is 0 Å². The van der Waals surface area contributed by atoms with Gasteiger partial charge in [-0.1, -0.05) is 25.4 Å². The van der Waals surface area contributed by atoms with Crippen LogP contribution in [0.2, 0.25) is 0 Å². The zero-order valence-corrected chi connectivity index (χ0v) is 9.99. The van der Waals surface area contributed by atoms with Crippen LogP contribution in [0.5, 0.6) is 0 Å². The predicted molar refractivity (Wildman–Crippen MR) is 60.3 cm³/mol. The Bertz CT molecular complexity index is 375. The molecule has 1 N–H and O–H groups in total. The van der Waals surface area contributed by atoms with Gasteiger partial charge in [-0.2, -0.15) is 4.98 Å². The van der Waals surface area contributed by atoms with E-state index in [1.165, 1.54) is 19.3 Å². The van der Waals surface area contributed by atoms with Crippen LogP contribution in [0.25, 0.3) is 0 Å². The van der Waals surface area contributed by atoms with Crippen molar-refractivity contribution in [2.24, 2.45) is 5.92 Å². The van der Waals surface area contributed by atoms with E-state index in [4.69, 9.17) is 4.52 Å². The molecule has 1 aromatic heterocycles. The zero-order valence-electron chi connectivity index (χ0n) is 9.99. The van der Waals surface area contributed by atoms with Gasteiger partial charge in [0.15, 0.2) is 5.82 Å². The van der Waals surface area contributed by atoms with Crippen LogP contribution in [-0.4, -0.2) is 23.2 Å². The van der Waals surface area contributed by atoms with Crippen LogP contribution in [0.4, 0.5) is 0 Å². The highest BCUT2D eigenvalue weighted by atomic mass is 16.5. The van der Waals surface area contributed by atoms with Crippen LogP contribution in [0.3, 0.4) is 0 Å². The number of aromatic nitrogens is 2. The molecule has 2 atom stereocenters. The number of hydrogen-bond acceptors (Lipinski definition) is 4. The van der Waals surface area contributed by atoms with E-state index in [0.717, 1.165) is 24.8 Å². The summed E-state index contributed by atoms with van der Waals surface area (Å²) in [6.07, 6.45) is 3.79. The van der Waals surface area contributed by atoms with Gasteiger partial charge in [0.05, 0.1) is 5.41 Å². The molecule has 16 heavy (non-hydrogen) atoms. The van der Waals surface area contributed by atoms with Gasteiger partial charge in [-0.15, -0.1) is 0 Å². The highest BCUT2D eigenvalue weighted by Crippen LogP contribution is 2.47. The average molecular weight is 221 g/mol. The van der Waals surface area contributed by atoms with Gasteiger partial charge < -0.3 is 9.84 Å².